The summed E-state index contributed by atoms with van der Waals surface area (Å²) in [6.07, 6.45) is 0.623. The van der Waals surface area contributed by atoms with Gasteiger partial charge in [-0.1, -0.05) is 12.1 Å². The summed E-state index contributed by atoms with van der Waals surface area (Å²) in [6.45, 7) is 3.54. The van der Waals surface area contributed by atoms with Crippen LogP contribution in [0.4, 0.5) is 5.69 Å². The molecule has 0 bridgehead atoms. The molecule has 0 aliphatic heterocycles. The lowest BCUT2D eigenvalue weighted by molar-refractivity contribution is 0.196. The lowest BCUT2D eigenvalue weighted by Gasteiger charge is -2.19. The van der Waals surface area contributed by atoms with E-state index in [0.717, 1.165) is 25.1 Å². The third-order valence-corrected chi connectivity index (χ3v) is 2.66. The van der Waals surface area contributed by atoms with Crippen LogP contribution in [0.3, 0.4) is 0 Å². The predicted molar refractivity (Wildman–Crippen MR) is 66.8 cm³/mol. The Labute approximate surface area is 97.7 Å². The molecule has 3 nitrogen and oxygen atoms in total. The number of rotatable bonds is 6. The number of anilines is 1. The van der Waals surface area contributed by atoms with E-state index in [1.54, 1.807) is 14.0 Å². The summed E-state index contributed by atoms with van der Waals surface area (Å²) in [6, 6.07) is 8.00. The Morgan fingerprint density at radius 2 is 1.94 bits per heavy atom. The van der Waals surface area contributed by atoms with Crippen molar-refractivity contribution in [3.05, 3.63) is 29.8 Å². The zero-order valence-corrected chi connectivity index (χ0v) is 10.3. The van der Waals surface area contributed by atoms with E-state index in [0.29, 0.717) is 0 Å². The fraction of sp³-hybridized carbons (Fsp3) is 0.538. The highest BCUT2D eigenvalue weighted by Crippen LogP contribution is 2.18. The molecule has 0 amide bonds. The minimum atomic E-state index is -0.396. The van der Waals surface area contributed by atoms with E-state index >= 15 is 0 Å². The van der Waals surface area contributed by atoms with E-state index in [1.165, 1.54) is 5.69 Å². The molecule has 1 atom stereocenters. The second kappa shape index (κ2) is 6.51. The SMILES string of the molecule is COCCCN(C)c1ccc([C@H](C)O)cc1. The Hall–Kier alpha value is -1.06. The normalized spacial score (nSPS) is 12.5. The highest BCUT2D eigenvalue weighted by Gasteiger charge is 2.03. The Bertz CT molecular complexity index is 295. The van der Waals surface area contributed by atoms with Crippen molar-refractivity contribution in [3.8, 4) is 0 Å². The average Bonchev–Trinajstić information content (AvgIpc) is 2.29. The maximum atomic E-state index is 9.40. The van der Waals surface area contributed by atoms with Crippen LogP contribution >= 0.6 is 0 Å². The molecule has 0 aromatic heterocycles. The molecule has 0 fully saturated rings. The molecule has 1 aromatic carbocycles. The zero-order valence-electron chi connectivity index (χ0n) is 10.3. The van der Waals surface area contributed by atoms with E-state index in [-0.39, 0.29) is 0 Å². The van der Waals surface area contributed by atoms with Crippen molar-refractivity contribution in [1.82, 2.24) is 0 Å². The van der Waals surface area contributed by atoms with E-state index in [9.17, 15) is 5.11 Å². The number of hydrogen-bond donors (Lipinski definition) is 1. The number of benzene rings is 1. The quantitative estimate of drug-likeness (QED) is 0.751. The van der Waals surface area contributed by atoms with Crippen molar-refractivity contribution in [1.29, 1.82) is 0 Å². The molecule has 16 heavy (non-hydrogen) atoms. The Morgan fingerprint density at radius 1 is 1.31 bits per heavy atom. The highest BCUT2D eigenvalue weighted by atomic mass is 16.5. The van der Waals surface area contributed by atoms with Crippen LogP contribution in [0, 0.1) is 0 Å². The molecule has 0 saturated carbocycles. The minimum Gasteiger partial charge on any atom is -0.389 e. The number of aliphatic hydroxyl groups is 1. The second-order valence-electron chi connectivity index (χ2n) is 4.04. The first-order chi connectivity index (χ1) is 7.65. The third kappa shape index (κ3) is 3.83. The van der Waals surface area contributed by atoms with Crippen LogP contribution in [0.5, 0.6) is 0 Å². The standard InChI is InChI=1S/C13H21NO2/c1-11(15)12-5-7-13(8-6-12)14(2)9-4-10-16-3/h5-8,11,15H,4,9-10H2,1-3H3/t11-/m0/s1. The number of aliphatic hydroxyl groups excluding tert-OH is 1. The molecule has 0 aliphatic rings. The monoisotopic (exact) mass is 223 g/mol. The van der Waals surface area contributed by atoms with Gasteiger partial charge in [0.2, 0.25) is 0 Å². The van der Waals surface area contributed by atoms with Crippen LogP contribution < -0.4 is 4.90 Å². The van der Waals surface area contributed by atoms with Gasteiger partial charge in [0.1, 0.15) is 0 Å². The number of ether oxygens (including phenoxy) is 1. The first kappa shape index (κ1) is 13.0. The molecular formula is C13H21NO2. The maximum Gasteiger partial charge on any atom is 0.0761 e. The van der Waals surface area contributed by atoms with Crippen molar-refractivity contribution in [2.24, 2.45) is 0 Å². The Morgan fingerprint density at radius 3 is 2.44 bits per heavy atom. The Kier molecular flexibility index (Phi) is 5.29. The van der Waals surface area contributed by atoms with Crippen LogP contribution in [0.2, 0.25) is 0 Å². The molecule has 1 aromatic rings. The molecule has 0 saturated heterocycles. The van der Waals surface area contributed by atoms with Crippen LogP contribution in [-0.2, 0) is 4.74 Å². The topological polar surface area (TPSA) is 32.7 Å². The summed E-state index contributed by atoms with van der Waals surface area (Å²) in [4.78, 5) is 2.19. The van der Waals surface area contributed by atoms with E-state index in [1.807, 2.05) is 24.3 Å². The van der Waals surface area contributed by atoms with Crippen molar-refractivity contribution < 1.29 is 9.84 Å². The van der Waals surface area contributed by atoms with Gasteiger partial charge < -0.3 is 14.7 Å². The maximum absolute atomic E-state index is 9.40. The molecule has 0 radical (unpaired) electrons. The summed E-state index contributed by atoms with van der Waals surface area (Å²) >= 11 is 0. The summed E-state index contributed by atoms with van der Waals surface area (Å²) in [7, 11) is 3.78. The van der Waals surface area contributed by atoms with Gasteiger partial charge in [0.15, 0.2) is 0 Å². The minimum absolute atomic E-state index is 0.396. The molecule has 3 heteroatoms. The van der Waals surface area contributed by atoms with E-state index in [4.69, 9.17) is 4.74 Å². The number of hydrogen-bond acceptors (Lipinski definition) is 3. The van der Waals surface area contributed by atoms with Crippen LogP contribution in [0.25, 0.3) is 0 Å². The second-order valence-corrected chi connectivity index (χ2v) is 4.04. The molecule has 1 rings (SSSR count). The smallest absolute Gasteiger partial charge is 0.0761 e. The van der Waals surface area contributed by atoms with Crippen molar-refractivity contribution >= 4 is 5.69 Å². The Balaban J connectivity index is 2.52. The molecule has 90 valence electrons. The fourth-order valence-corrected chi connectivity index (χ4v) is 1.58. The summed E-state index contributed by atoms with van der Waals surface area (Å²) in [5.41, 5.74) is 2.12. The highest BCUT2D eigenvalue weighted by molar-refractivity contribution is 5.47. The number of methoxy groups -OCH3 is 1. The van der Waals surface area contributed by atoms with Gasteiger partial charge in [-0.25, -0.2) is 0 Å². The van der Waals surface area contributed by atoms with Gasteiger partial charge in [-0.2, -0.15) is 0 Å². The van der Waals surface area contributed by atoms with E-state index < -0.39 is 6.10 Å². The van der Waals surface area contributed by atoms with Crippen LogP contribution in [-0.4, -0.2) is 32.4 Å². The summed E-state index contributed by atoms with van der Waals surface area (Å²) < 4.78 is 5.02. The van der Waals surface area contributed by atoms with Gasteiger partial charge in [-0.3, -0.25) is 0 Å². The van der Waals surface area contributed by atoms with Gasteiger partial charge in [-0.15, -0.1) is 0 Å². The third-order valence-electron chi connectivity index (χ3n) is 2.66. The fourth-order valence-electron chi connectivity index (χ4n) is 1.58. The van der Waals surface area contributed by atoms with Gasteiger partial charge in [0, 0.05) is 33.0 Å². The van der Waals surface area contributed by atoms with Gasteiger partial charge in [-0.05, 0) is 31.0 Å². The van der Waals surface area contributed by atoms with Gasteiger partial charge in [0.05, 0.1) is 6.10 Å². The summed E-state index contributed by atoms with van der Waals surface area (Å²) in [5, 5.41) is 9.40. The molecule has 0 heterocycles. The zero-order chi connectivity index (χ0) is 12.0. The molecule has 0 unspecified atom stereocenters. The van der Waals surface area contributed by atoms with Crippen molar-refractivity contribution in [2.75, 3.05) is 32.2 Å². The van der Waals surface area contributed by atoms with Gasteiger partial charge >= 0.3 is 0 Å². The lowest BCUT2D eigenvalue weighted by atomic mass is 10.1. The van der Waals surface area contributed by atoms with Crippen molar-refractivity contribution in [3.63, 3.8) is 0 Å². The molecule has 0 aliphatic carbocycles. The van der Waals surface area contributed by atoms with Crippen LogP contribution in [0.15, 0.2) is 24.3 Å². The number of nitrogens with zero attached hydrogens (tertiary/aromatic N) is 1. The van der Waals surface area contributed by atoms with E-state index in [2.05, 4.69) is 11.9 Å². The first-order valence-corrected chi connectivity index (χ1v) is 5.63. The predicted octanol–water partition coefficient (Wildman–Crippen LogP) is 2.21. The average molecular weight is 223 g/mol. The van der Waals surface area contributed by atoms with Crippen LogP contribution in [0.1, 0.15) is 25.0 Å². The van der Waals surface area contributed by atoms with Crippen molar-refractivity contribution in [2.45, 2.75) is 19.4 Å². The molecule has 0 spiro atoms. The summed E-state index contributed by atoms with van der Waals surface area (Å²) in [5.74, 6) is 0. The lowest BCUT2D eigenvalue weighted by Crippen LogP contribution is -2.19. The first-order valence-electron chi connectivity index (χ1n) is 5.63. The largest absolute Gasteiger partial charge is 0.389 e. The molecular weight excluding hydrogens is 202 g/mol. The molecule has 1 N–H and O–H groups in total. The van der Waals surface area contributed by atoms with Gasteiger partial charge in [0.25, 0.3) is 0 Å².